The summed E-state index contributed by atoms with van der Waals surface area (Å²) in [4.78, 5) is 6.02. The van der Waals surface area contributed by atoms with Crippen molar-refractivity contribution < 1.29 is 22.6 Å². The minimum Gasteiger partial charge on any atom is -0.379 e. The van der Waals surface area contributed by atoms with Crippen LogP contribution in [-0.2, 0) is 22.2 Å². The van der Waals surface area contributed by atoms with Gasteiger partial charge in [-0.2, -0.15) is 13.2 Å². The molecule has 0 amide bonds. The van der Waals surface area contributed by atoms with E-state index in [0.29, 0.717) is 44.5 Å². The van der Waals surface area contributed by atoms with Crippen molar-refractivity contribution in [3.8, 4) is 0 Å². The van der Waals surface area contributed by atoms with E-state index in [1.54, 1.807) is 20.2 Å². The predicted molar refractivity (Wildman–Crippen MR) is 128 cm³/mol. The van der Waals surface area contributed by atoms with Crippen LogP contribution in [0, 0.1) is 5.41 Å². The van der Waals surface area contributed by atoms with Gasteiger partial charge in [-0.3, -0.25) is 4.99 Å². The first-order chi connectivity index (χ1) is 14.1. The zero-order valence-corrected chi connectivity index (χ0v) is 21.1. The molecule has 1 heterocycles. The van der Waals surface area contributed by atoms with Crippen LogP contribution < -0.4 is 15.5 Å². The van der Waals surface area contributed by atoms with Gasteiger partial charge in [0, 0.05) is 46.0 Å². The van der Waals surface area contributed by atoms with Crippen molar-refractivity contribution in [2.24, 2.45) is 10.4 Å². The molecule has 178 valence electrons. The number of hydrogen-bond acceptors (Lipinski definition) is 4. The molecule has 31 heavy (non-hydrogen) atoms. The summed E-state index contributed by atoms with van der Waals surface area (Å²) < 4.78 is 51.9. The molecule has 10 heteroatoms. The molecule has 1 unspecified atom stereocenters. The molecule has 1 aromatic carbocycles. The van der Waals surface area contributed by atoms with Gasteiger partial charge in [0.05, 0.1) is 24.9 Å². The summed E-state index contributed by atoms with van der Waals surface area (Å²) >= 11 is 0. The number of nitrogens with one attached hydrogen (secondary N) is 2. The second-order valence-electron chi connectivity index (χ2n) is 8.34. The quantitative estimate of drug-likeness (QED) is 0.316. The highest BCUT2D eigenvalue weighted by atomic mass is 127. The Labute approximate surface area is 200 Å². The smallest absolute Gasteiger partial charge is 0.379 e. The summed E-state index contributed by atoms with van der Waals surface area (Å²) in [7, 11) is 3.22. The third-order valence-electron chi connectivity index (χ3n) is 5.15. The molecule has 0 saturated carbocycles. The van der Waals surface area contributed by atoms with Crippen LogP contribution >= 0.6 is 24.0 Å². The van der Waals surface area contributed by atoms with Gasteiger partial charge >= 0.3 is 6.18 Å². The molecular weight excluding hydrogens is 524 g/mol. The van der Waals surface area contributed by atoms with E-state index in [1.807, 2.05) is 4.90 Å². The summed E-state index contributed by atoms with van der Waals surface area (Å²) in [6.07, 6.45) is -4.52. The third kappa shape index (κ3) is 8.30. The minimum absolute atomic E-state index is 0. The highest BCUT2D eigenvalue weighted by Crippen LogP contribution is 2.35. The molecule has 1 atom stereocenters. The monoisotopic (exact) mass is 558 g/mol. The molecule has 1 aromatic rings. The summed E-state index contributed by atoms with van der Waals surface area (Å²) in [5.74, 6) is 0.423. The number of morpholine rings is 1. The lowest BCUT2D eigenvalue weighted by molar-refractivity contribution is -0.138. The van der Waals surface area contributed by atoms with Gasteiger partial charge < -0.3 is 25.0 Å². The van der Waals surface area contributed by atoms with Crippen LogP contribution in [-0.4, -0.2) is 59.1 Å². The second kappa shape index (κ2) is 12.1. The number of anilines is 1. The number of alkyl halides is 3. The highest BCUT2D eigenvalue weighted by Gasteiger charge is 2.34. The largest absolute Gasteiger partial charge is 0.416 e. The summed E-state index contributed by atoms with van der Waals surface area (Å²) in [5, 5.41) is 6.11. The number of ether oxygens (including phenoxy) is 2. The number of halogens is 4. The molecule has 0 radical (unpaired) electrons. The highest BCUT2D eigenvalue weighted by molar-refractivity contribution is 14.0. The van der Waals surface area contributed by atoms with E-state index in [0.717, 1.165) is 0 Å². The molecule has 0 aliphatic carbocycles. The number of methoxy groups -OCH3 is 1. The average molecular weight is 558 g/mol. The number of benzene rings is 1. The van der Waals surface area contributed by atoms with Crippen molar-refractivity contribution in [3.05, 3.63) is 29.3 Å². The van der Waals surface area contributed by atoms with Crippen LogP contribution in [0.3, 0.4) is 0 Å². The maximum absolute atomic E-state index is 13.7. The zero-order chi connectivity index (χ0) is 22.4. The summed E-state index contributed by atoms with van der Waals surface area (Å²) in [5.41, 5.74) is 0.00445. The fourth-order valence-electron chi connectivity index (χ4n) is 3.33. The Kier molecular flexibility index (Phi) is 10.8. The van der Waals surface area contributed by atoms with Crippen molar-refractivity contribution in [1.82, 2.24) is 10.6 Å². The maximum Gasteiger partial charge on any atom is 0.416 e. The molecule has 1 fully saturated rings. The molecule has 6 nitrogen and oxygen atoms in total. The molecular formula is C21H34F3IN4O2. The molecule has 0 bridgehead atoms. The van der Waals surface area contributed by atoms with E-state index in [4.69, 9.17) is 9.47 Å². The van der Waals surface area contributed by atoms with Gasteiger partial charge in [-0.25, -0.2) is 0 Å². The van der Waals surface area contributed by atoms with E-state index >= 15 is 0 Å². The first kappa shape index (κ1) is 27.8. The molecule has 1 saturated heterocycles. The van der Waals surface area contributed by atoms with E-state index < -0.39 is 11.7 Å². The summed E-state index contributed by atoms with van der Waals surface area (Å²) in [6, 6.07) is 4.48. The van der Waals surface area contributed by atoms with Gasteiger partial charge in [0.15, 0.2) is 5.96 Å². The Morgan fingerprint density at radius 3 is 2.35 bits per heavy atom. The van der Waals surface area contributed by atoms with Gasteiger partial charge in [-0.1, -0.05) is 26.8 Å². The van der Waals surface area contributed by atoms with Gasteiger partial charge in [0.25, 0.3) is 0 Å². The van der Waals surface area contributed by atoms with Crippen LogP contribution in [0.4, 0.5) is 18.9 Å². The number of rotatable bonds is 6. The molecule has 2 N–H and O–H groups in total. The van der Waals surface area contributed by atoms with Crippen LogP contribution in [0.2, 0.25) is 0 Å². The first-order valence-corrected chi connectivity index (χ1v) is 10.1. The van der Waals surface area contributed by atoms with E-state index in [1.165, 1.54) is 12.1 Å². The Hall–Kier alpha value is -1.27. The van der Waals surface area contributed by atoms with Crippen molar-refractivity contribution in [2.75, 3.05) is 51.9 Å². The number of hydrogen-bond donors (Lipinski definition) is 2. The van der Waals surface area contributed by atoms with Crippen LogP contribution in [0.1, 0.15) is 31.9 Å². The lowest BCUT2D eigenvalue weighted by Crippen LogP contribution is -2.45. The van der Waals surface area contributed by atoms with E-state index in [-0.39, 0.29) is 47.6 Å². The molecule has 1 aliphatic rings. The fourth-order valence-corrected chi connectivity index (χ4v) is 3.33. The third-order valence-corrected chi connectivity index (χ3v) is 5.15. The lowest BCUT2D eigenvalue weighted by Gasteiger charge is -2.30. The average Bonchev–Trinajstić information content (AvgIpc) is 2.69. The van der Waals surface area contributed by atoms with Gasteiger partial charge in [0.1, 0.15) is 0 Å². The van der Waals surface area contributed by atoms with Crippen molar-refractivity contribution >= 4 is 35.6 Å². The van der Waals surface area contributed by atoms with Crippen molar-refractivity contribution in [2.45, 2.75) is 39.6 Å². The Morgan fingerprint density at radius 1 is 1.19 bits per heavy atom. The number of aliphatic imine (C=N–C) groups is 1. The van der Waals surface area contributed by atoms with E-state index in [9.17, 15) is 13.2 Å². The maximum atomic E-state index is 13.7. The van der Waals surface area contributed by atoms with Crippen LogP contribution in [0.25, 0.3) is 0 Å². The minimum atomic E-state index is -4.44. The second-order valence-corrected chi connectivity index (χ2v) is 8.34. The molecule has 1 aliphatic heterocycles. The SMILES string of the molecule is CN=C(NCc1ccc(N2CCOCC2)cc1C(F)(F)F)NCC(OC)C(C)(C)C.I. The fraction of sp³-hybridized carbons (Fsp3) is 0.667. The predicted octanol–water partition coefficient (Wildman–Crippen LogP) is 3.89. The van der Waals surface area contributed by atoms with Gasteiger partial charge in [-0.05, 0) is 23.1 Å². The molecule has 0 spiro atoms. The van der Waals surface area contributed by atoms with Crippen molar-refractivity contribution in [1.29, 1.82) is 0 Å². The summed E-state index contributed by atoms with van der Waals surface area (Å²) in [6.45, 7) is 8.88. The zero-order valence-electron chi connectivity index (χ0n) is 18.8. The molecule has 0 aromatic heterocycles. The van der Waals surface area contributed by atoms with E-state index in [2.05, 4.69) is 36.4 Å². The van der Waals surface area contributed by atoms with Crippen LogP contribution in [0.15, 0.2) is 23.2 Å². The van der Waals surface area contributed by atoms with Crippen molar-refractivity contribution in [3.63, 3.8) is 0 Å². The standard InChI is InChI=1S/C21H33F3N4O2.HI/c1-20(2,3)18(29-5)14-27-19(25-4)26-13-15-6-7-16(12-17(15)21(22,23)24)28-8-10-30-11-9-28;/h6-7,12,18H,8-11,13-14H2,1-5H3,(H2,25,26,27);1H. The van der Waals surface area contributed by atoms with Gasteiger partial charge in [0.2, 0.25) is 0 Å². The van der Waals surface area contributed by atoms with Crippen LogP contribution in [0.5, 0.6) is 0 Å². The molecule has 2 rings (SSSR count). The number of nitrogens with zero attached hydrogens (tertiary/aromatic N) is 2. The Bertz CT molecular complexity index is 718. The normalized spacial score (nSPS) is 16.5. The Morgan fingerprint density at radius 2 is 1.84 bits per heavy atom. The topological polar surface area (TPSA) is 58.1 Å². The Balaban J connectivity index is 0.00000480. The van der Waals surface area contributed by atoms with Gasteiger partial charge in [-0.15, -0.1) is 24.0 Å². The lowest BCUT2D eigenvalue weighted by atomic mass is 9.89. The first-order valence-electron chi connectivity index (χ1n) is 10.1. The number of guanidine groups is 1.